The number of aromatic nitrogens is 1. The largest absolute Gasteiger partial charge is 0.397 e. The van der Waals surface area contributed by atoms with E-state index >= 15 is 0 Å². The van der Waals surface area contributed by atoms with Gasteiger partial charge in [0.2, 0.25) is 5.91 Å². The van der Waals surface area contributed by atoms with Crippen molar-refractivity contribution in [2.75, 3.05) is 22.6 Å². The monoisotopic (exact) mass is 265 g/mol. The molecule has 1 amide bonds. The molecule has 0 atom stereocenters. The fourth-order valence-electron chi connectivity index (χ4n) is 2.04. The fourth-order valence-corrected chi connectivity index (χ4v) is 3.25. The summed E-state index contributed by atoms with van der Waals surface area (Å²) in [5.41, 5.74) is 7.28. The van der Waals surface area contributed by atoms with E-state index in [1.807, 2.05) is 24.8 Å². The van der Waals surface area contributed by atoms with Crippen LogP contribution >= 0.6 is 11.8 Å². The number of thioether (sulfide) groups is 1. The van der Waals surface area contributed by atoms with Crippen LogP contribution in [0.3, 0.4) is 0 Å². The van der Waals surface area contributed by atoms with Crippen molar-refractivity contribution < 1.29 is 4.79 Å². The van der Waals surface area contributed by atoms with Gasteiger partial charge in [0.15, 0.2) is 0 Å². The van der Waals surface area contributed by atoms with Crippen molar-refractivity contribution in [3.8, 4) is 0 Å². The molecule has 5 heteroatoms. The van der Waals surface area contributed by atoms with Crippen molar-refractivity contribution in [3.05, 3.63) is 17.8 Å². The molecule has 3 N–H and O–H groups in total. The Hall–Kier alpha value is -1.23. The number of hydrogen-bond donors (Lipinski definition) is 2. The van der Waals surface area contributed by atoms with E-state index in [1.165, 1.54) is 11.5 Å². The van der Waals surface area contributed by atoms with Crippen LogP contribution in [0, 0.1) is 12.8 Å². The maximum atomic E-state index is 11.9. The van der Waals surface area contributed by atoms with Crippen LogP contribution in [-0.4, -0.2) is 22.4 Å². The first-order valence-electron chi connectivity index (χ1n) is 6.25. The van der Waals surface area contributed by atoms with Crippen LogP contribution in [0.2, 0.25) is 0 Å². The Labute approximate surface area is 112 Å². The van der Waals surface area contributed by atoms with Crippen molar-refractivity contribution in [1.29, 1.82) is 0 Å². The number of hydrogen-bond acceptors (Lipinski definition) is 4. The molecule has 0 bridgehead atoms. The SMILES string of the molecule is Cc1cc(NC(=O)CC2CCSCC2)ncc1N. The summed E-state index contributed by atoms with van der Waals surface area (Å²) in [4.78, 5) is 16.0. The number of nitrogen functional groups attached to an aromatic ring is 1. The second-order valence-electron chi connectivity index (χ2n) is 4.73. The number of carbonyl (C=O) groups excluding carboxylic acids is 1. The van der Waals surface area contributed by atoms with E-state index in [0.29, 0.717) is 23.8 Å². The lowest BCUT2D eigenvalue weighted by Gasteiger charge is -2.20. The average molecular weight is 265 g/mol. The number of carbonyl (C=O) groups is 1. The number of nitrogens with one attached hydrogen (secondary N) is 1. The number of pyridine rings is 1. The van der Waals surface area contributed by atoms with Crippen LogP contribution in [0.15, 0.2) is 12.3 Å². The fraction of sp³-hybridized carbons (Fsp3) is 0.538. The molecule has 0 aliphatic carbocycles. The first-order chi connectivity index (χ1) is 8.65. The third kappa shape index (κ3) is 3.63. The molecule has 1 saturated heterocycles. The van der Waals surface area contributed by atoms with Gasteiger partial charge in [-0.3, -0.25) is 4.79 Å². The molecule has 1 aliphatic heterocycles. The van der Waals surface area contributed by atoms with Crippen LogP contribution in [0.5, 0.6) is 0 Å². The Morgan fingerprint density at radius 3 is 2.94 bits per heavy atom. The highest BCUT2D eigenvalue weighted by Gasteiger charge is 2.17. The number of amides is 1. The Kier molecular flexibility index (Phi) is 4.47. The van der Waals surface area contributed by atoms with Crippen LogP contribution < -0.4 is 11.1 Å². The van der Waals surface area contributed by atoms with Crippen molar-refractivity contribution in [1.82, 2.24) is 4.98 Å². The summed E-state index contributed by atoms with van der Waals surface area (Å²) >= 11 is 1.98. The third-order valence-corrected chi connectivity index (χ3v) is 4.28. The quantitative estimate of drug-likeness (QED) is 0.881. The second kappa shape index (κ2) is 6.09. The minimum absolute atomic E-state index is 0.0589. The van der Waals surface area contributed by atoms with E-state index in [0.717, 1.165) is 18.4 Å². The minimum atomic E-state index is 0.0589. The number of aryl methyl sites for hydroxylation is 1. The highest BCUT2D eigenvalue weighted by molar-refractivity contribution is 7.99. The molecule has 1 fully saturated rings. The smallest absolute Gasteiger partial charge is 0.225 e. The van der Waals surface area contributed by atoms with Gasteiger partial charge in [-0.2, -0.15) is 11.8 Å². The predicted octanol–water partition coefficient (Wildman–Crippen LogP) is 2.44. The van der Waals surface area contributed by atoms with E-state index < -0.39 is 0 Å². The lowest BCUT2D eigenvalue weighted by Crippen LogP contribution is -2.20. The number of nitrogens with zero attached hydrogens (tertiary/aromatic N) is 1. The van der Waals surface area contributed by atoms with Gasteiger partial charge in [-0.25, -0.2) is 4.98 Å². The zero-order valence-electron chi connectivity index (χ0n) is 10.6. The molecule has 1 aromatic heterocycles. The van der Waals surface area contributed by atoms with E-state index in [9.17, 15) is 4.79 Å². The lowest BCUT2D eigenvalue weighted by molar-refractivity contribution is -0.117. The molecule has 18 heavy (non-hydrogen) atoms. The van der Waals surface area contributed by atoms with Crippen LogP contribution in [0.1, 0.15) is 24.8 Å². The molecule has 0 saturated carbocycles. The average Bonchev–Trinajstić information content (AvgIpc) is 2.35. The Morgan fingerprint density at radius 1 is 1.56 bits per heavy atom. The lowest BCUT2D eigenvalue weighted by atomic mass is 9.98. The maximum Gasteiger partial charge on any atom is 0.225 e. The molecular formula is C13H19N3OS. The molecule has 4 nitrogen and oxygen atoms in total. The summed E-state index contributed by atoms with van der Waals surface area (Å²) in [5, 5.41) is 2.84. The molecule has 1 aromatic rings. The van der Waals surface area contributed by atoms with Gasteiger partial charge in [0.25, 0.3) is 0 Å². The molecule has 0 unspecified atom stereocenters. The van der Waals surface area contributed by atoms with Crippen LogP contribution in [-0.2, 0) is 4.79 Å². The molecule has 0 radical (unpaired) electrons. The van der Waals surface area contributed by atoms with E-state index in [-0.39, 0.29) is 5.91 Å². The third-order valence-electron chi connectivity index (χ3n) is 3.23. The summed E-state index contributed by atoms with van der Waals surface area (Å²) in [6.45, 7) is 1.91. The molecular weight excluding hydrogens is 246 g/mol. The predicted molar refractivity (Wildman–Crippen MR) is 76.7 cm³/mol. The first kappa shape index (κ1) is 13.2. The van der Waals surface area contributed by atoms with Crippen molar-refractivity contribution >= 4 is 29.2 Å². The van der Waals surface area contributed by atoms with Crippen molar-refractivity contribution in [3.63, 3.8) is 0 Å². The van der Waals surface area contributed by atoms with Gasteiger partial charge in [0.05, 0.1) is 11.9 Å². The van der Waals surface area contributed by atoms with Gasteiger partial charge in [-0.1, -0.05) is 0 Å². The van der Waals surface area contributed by atoms with E-state index in [4.69, 9.17) is 5.73 Å². The summed E-state index contributed by atoms with van der Waals surface area (Å²) in [6, 6.07) is 1.81. The van der Waals surface area contributed by atoms with Gasteiger partial charge in [0.1, 0.15) is 5.82 Å². The number of rotatable bonds is 3. The van der Waals surface area contributed by atoms with Gasteiger partial charge in [0, 0.05) is 6.42 Å². The second-order valence-corrected chi connectivity index (χ2v) is 5.96. The molecule has 0 aromatic carbocycles. The summed E-state index contributed by atoms with van der Waals surface area (Å²) in [5.74, 6) is 3.54. The topological polar surface area (TPSA) is 68.0 Å². The van der Waals surface area contributed by atoms with Gasteiger partial charge in [-0.05, 0) is 48.8 Å². The van der Waals surface area contributed by atoms with E-state index in [2.05, 4.69) is 10.3 Å². The zero-order chi connectivity index (χ0) is 13.0. The van der Waals surface area contributed by atoms with E-state index in [1.54, 1.807) is 6.20 Å². The summed E-state index contributed by atoms with van der Waals surface area (Å²) < 4.78 is 0. The van der Waals surface area contributed by atoms with Gasteiger partial charge in [-0.15, -0.1) is 0 Å². The standard InChI is InChI=1S/C13H19N3OS/c1-9-6-12(15-8-11(9)14)16-13(17)7-10-2-4-18-5-3-10/h6,8,10H,2-5,7,14H2,1H3,(H,15,16,17). The number of nitrogens with two attached hydrogens (primary N) is 1. The molecule has 0 spiro atoms. The normalized spacial score (nSPS) is 16.5. The van der Waals surface area contributed by atoms with Crippen LogP contribution in [0.25, 0.3) is 0 Å². The molecule has 2 heterocycles. The highest BCUT2D eigenvalue weighted by atomic mass is 32.2. The highest BCUT2D eigenvalue weighted by Crippen LogP contribution is 2.25. The molecule has 98 valence electrons. The van der Waals surface area contributed by atoms with Crippen LogP contribution in [0.4, 0.5) is 11.5 Å². The minimum Gasteiger partial charge on any atom is -0.397 e. The first-order valence-corrected chi connectivity index (χ1v) is 7.40. The van der Waals surface area contributed by atoms with Crippen molar-refractivity contribution in [2.24, 2.45) is 5.92 Å². The Bertz CT molecular complexity index is 430. The zero-order valence-corrected chi connectivity index (χ0v) is 11.4. The van der Waals surface area contributed by atoms with Gasteiger partial charge >= 0.3 is 0 Å². The van der Waals surface area contributed by atoms with Gasteiger partial charge < -0.3 is 11.1 Å². The summed E-state index contributed by atoms with van der Waals surface area (Å²) in [6.07, 6.45) is 4.48. The number of anilines is 2. The maximum absolute atomic E-state index is 11.9. The Morgan fingerprint density at radius 2 is 2.28 bits per heavy atom. The Balaban J connectivity index is 1.88. The van der Waals surface area contributed by atoms with Crippen molar-refractivity contribution in [2.45, 2.75) is 26.2 Å². The summed E-state index contributed by atoms with van der Waals surface area (Å²) in [7, 11) is 0. The molecule has 2 rings (SSSR count). The molecule has 1 aliphatic rings.